The van der Waals surface area contributed by atoms with Crippen molar-refractivity contribution in [3.8, 4) is 5.75 Å². The number of thiazole rings is 1. The van der Waals surface area contributed by atoms with Gasteiger partial charge in [-0.1, -0.05) is 11.3 Å². The fourth-order valence-corrected chi connectivity index (χ4v) is 5.24. The number of amides is 1. The van der Waals surface area contributed by atoms with E-state index < -0.39 is 4.92 Å². The molecule has 0 unspecified atom stereocenters. The standard InChI is InChI=1S/C22H22N4O4S2.ClH/c1-4-30-16-6-7-17-19(13-16)32-22(23-17)25(10-9-24(2)3)21(27)20-12-14-11-15(26(28)29)5-8-18(14)31-20;/h5-8,11-13H,4,9-10H2,1-3H3;1H. The highest BCUT2D eigenvalue weighted by atomic mass is 35.5. The van der Waals surface area contributed by atoms with Crippen LogP contribution in [0.25, 0.3) is 20.3 Å². The first kappa shape index (κ1) is 24.8. The van der Waals surface area contributed by atoms with Gasteiger partial charge in [0.15, 0.2) is 5.13 Å². The fourth-order valence-electron chi connectivity index (χ4n) is 3.23. The Morgan fingerprint density at radius 2 is 1.88 bits per heavy atom. The number of non-ortho nitro benzene ring substituents is 1. The SMILES string of the molecule is CCOc1ccc2nc(N(CCN(C)C)C(=O)c3cc4cc([N+](=O)[O-])ccc4s3)sc2c1.Cl. The zero-order valence-electron chi connectivity index (χ0n) is 18.3. The van der Waals surface area contributed by atoms with E-state index in [1.165, 1.54) is 34.8 Å². The highest BCUT2D eigenvalue weighted by Gasteiger charge is 2.24. The molecule has 174 valence electrons. The molecular formula is C22H23ClN4O4S2. The highest BCUT2D eigenvalue weighted by molar-refractivity contribution is 7.23. The summed E-state index contributed by atoms with van der Waals surface area (Å²) in [6.45, 7) is 3.65. The molecule has 0 saturated carbocycles. The molecule has 4 aromatic rings. The molecule has 4 rings (SSSR count). The average molecular weight is 507 g/mol. The van der Waals surface area contributed by atoms with Crippen molar-refractivity contribution in [3.63, 3.8) is 0 Å². The van der Waals surface area contributed by atoms with Gasteiger partial charge in [0.1, 0.15) is 5.75 Å². The van der Waals surface area contributed by atoms with Crippen LogP contribution in [0.1, 0.15) is 16.6 Å². The fraction of sp³-hybridized carbons (Fsp3) is 0.273. The first-order chi connectivity index (χ1) is 15.4. The van der Waals surface area contributed by atoms with Crippen molar-refractivity contribution in [1.82, 2.24) is 9.88 Å². The Labute approximate surface area is 205 Å². The average Bonchev–Trinajstić information content (AvgIpc) is 3.36. The van der Waals surface area contributed by atoms with E-state index >= 15 is 0 Å². The third kappa shape index (κ3) is 5.41. The molecule has 2 aromatic heterocycles. The van der Waals surface area contributed by atoms with E-state index in [2.05, 4.69) is 0 Å². The molecule has 0 bridgehead atoms. The maximum atomic E-state index is 13.5. The summed E-state index contributed by atoms with van der Waals surface area (Å²) in [5.41, 5.74) is 0.818. The number of hydrogen-bond donors (Lipinski definition) is 0. The van der Waals surface area contributed by atoms with Crippen LogP contribution in [0.3, 0.4) is 0 Å². The normalized spacial score (nSPS) is 11.0. The minimum atomic E-state index is -0.431. The number of ether oxygens (including phenoxy) is 1. The van der Waals surface area contributed by atoms with Gasteiger partial charge in [-0.25, -0.2) is 4.98 Å². The van der Waals surface area contributed by atoms with E-state index in [4.69, 9.17) is 9.72 Å². The molecule has 1 amide bonds. The summed E-state index contributed by atoms with van der Waals surface area (Å²) in [5.74, 6) is 0.604. The molecule has 11 heteroatoms. The van der Waals surface area contributed by atoms with E-state index in [1.807, 2.05) is 44.1 Å². The number of thiophene rings is 1. The van der Waals surface area contributed by atoms with E-state index in [-0.39, 0.29) is 24.0 Å². The van der Waals surface area contributed by atoms with Crippen molar-refractivity contribution >= 4 is 72.1 Å². The molecule has 0 aliphatic heterocycles. The third-order valence-corrected chi connectivity index (χ3v) is 6.97. The Kier molecular flexibility index (Phi) is 7.85. The monoisotopic (exact) mass is 506 g/mol. The Hall–Kier alpha value is -2.79. The van der Waals surface area contributed by atoms with Gasteiger partial charge in [-0.05, 0) is 51.4 Å². The molecule has 0 spiro atoms. The number of nitro benzene ring substituents is 1. The van der Waals surface area contributed by atoms with Crippen LogP contribution >= 0.6 is 35.1 Å². The predicted octanol–water partition coefficient (Wildman–Crippen LogP) is 5.45. The number of carbonyl (C=O) groups is 1. The molecule has 8 nitrogen and oxygen atoms in total. The number of aromatic nitrogens is 1. The van der Waals surface area contributed by atoms with Crippen LogP contribution in [-0.4, -0.2) is 54.5 Å². The number of rotatable bonds is 8. The predicted molar refractivity (Wildman–Crippen MR) is 137 cm³/mol. The molecule has 0 saturated heterocycles. The van der Waals surface area contributed by atoms with Gasteiger partial charge in [0.25, 0.3) is 11.6 Å². The summed E-state index contributed by atoms with van der Waals surface area (Å²) in [5, 5.41) is 12.4. The van der Waals surface area contributed by atoms with Gasteiger partial charge in [-0.2, -0.15) is 0 Å². The topological polar surface area (TPSA) is 88.8 Å². The third-order valence-electron chi connectivity index (χ3n) is 4.83. The number of anilines is 1. The second-order valence-electron chi connectivity index (χ2n) is 7.41. The lowest BCUT2D eigenvalue weighted by atomic mass is 10.2. The van der Waals surface area contributed by atoms with Crippen molar-refractivity contribution < 1.29 is 14.5 Å². The molecule has 0 atom stereocenters. The molecule has 2 aromatic carbocycles. The van der Waals surface area contributed by atoms with Gasteiger partial charge in [-0.3, -0.25) is 19.8 Å². The van der Waals surface area contributed by atoms with E-state index in [0.717, 1.165) is 20.7 Å². The van der Waals surface area contributed by atoms with E-state index in [9.17, 15) is 14.9 Å². The maximum absolute atomic E-state index is 13.5. The number of fused-ring (bicyclic) bond motifs is 2. The summed E-state index contributed by atoms with van der Waals surface area (Å²) < 4.78 is 7.36. The maximum Gasteiger partial charge on any atom is 0.270 e. The number of hydrogen-bond acceptors (Lipinski definition) is 8. The lowest BCUT2D eigenvalue weighted by molar-refractivity contribution is -0.384. The number of nitrogens with zero attached hydrogens (tertiary/aromatic N) is 4. The molecule has 0 aliphatic carbocycles. The van der Waals surface area contributed by atoms with Crippen LogP contribution in [0.2, 0.25) is 0 Å². The number of carbonyl (C=O) groups excluding carboxylic acids is 1. The number of benzene rings is 2. The van der Waals surface area contributed by atoms with Gasteiger partial charge in [-0.15, -0.1) is 23.7 Å². The zero-order chi connectivity index (χ0) is 22.8. The molecular weight excluding hydrogens is 484 g/mol. The minimum absolute atomic E-state index is 0. The first-order valence-corrected chi connectivity index (χ1v) is 11.7. The van der Waals surface area contributed by atoms with Crippen LogP contribution in [0.4, 0.5) is 10.8 Å². The van der Waals surface area contributed by atoms with Gasteiger partial charge in [0.05, 0.1) is 26.6 Å². The largest absolute Gasteiger partial charge is 0.494 e. The zero-order valence-corrected chi connectivity index (χ0v) is 20.8. The van der Waals surface area contributed by atoms with E-state index in [0.29, 0.717) is 35.1 Å². The van der Waals surface area contributed by atoms with Crippen LogP contribution in [-0.2, 0) is 0 Å². The van der Waals surface area contributed by atoms with Crippen LogP contribution in [0.15, 0.2) is 42.5 Å². The van der Waals surface area contributed by atoms with Crippen LogP contribution < -0.4 is 9.64 Å². The summed E-state index contributed by atoms with van der Waals surface area (Å²) in [6, 6.07) is 12.1. The smallest absolute Gasteiger partial charge is 0.270 e. The van der Waals surface area contributed by atoms with Crippen molar-refractivity contribution in [2.24, 2.45) is 0 Å². The summed E-state index contributed by atoms with van der Waals surface area (Å²) in [4.78, 5) is 33.1. The Balaban J connectivity index is 0.00000306. The van der Waals surface area contributed by atoms with Gasteiger partial charge in [0, 0.05) is 35.3 Å². The molecule has 33 heavy (non-hydrogen) atoms. The highest BCUT2D eigenvalue weighted by Crippen LogP contribution is 2.34. The van der Waals surface area contributed by atoms with Gasteiger partial charge < -0.3 is 9.64 Å². The Morgan fingerprint density at radius 3 is 2.58 bits per heavy atom. The second kappa shape index (κ2) is 10.4. The van der Waals surface area contributed by atoms with Crippen molar-refractivity contribution in [2.45, 2.75) is 6.92 Å². The molecule has 0 N–H and O–H groups in total. The number of likely N-dealkylation sites (N-methyl/N-ethyl adjacent to an activating group) is 1. The molecule has 0 radical (unpaired) electrons. The molecule has 0 aliphatic rings. The Morgan fingerprint density at radius 1 is 1.09 bits per heavy atom. The summed E-state index contributed by atoms with van der Waals surface area (Å²) in [7, 11) is 3.90. The van der Waals surface area contributed by atoms with Crippen molar-refractivity contribution in [3.05, 3.63) is 57.5 Å². The quantitative estimate of drug-likeness (QED) is 0.233. The number of nitro groups is 1. The minimum Gasteiger partial charge on any atom is -0.494 e. The lowest BCUT2D eigenvalue weighted by Crippen LogP contribution is -2.36. The van der Waals surface area contributed by atoms with Crippen molar-refractivity contribution in [2.75, 3.05) is 38.7 Å². The second-order valence-corrected chi connectivity index (χ2v) is 9.50. The first-order valence-electron chi connectivity index (χ1n) is 10.0. The lowest BCUT2D eigenvalue weighted by Gasteiger charge is -2.21. The van der Waals surface area contributed by atoms with Crippen LogP contribution in [0.5, 0.6) is 5.75 Å². The van der Waals surface area contributed by atoms with Crippen LogP contribution in [0, 0.1) is 10.1 Å². The van der Waals surface area contributed by atoms with E-state index in [1.54, 1.807) is 17.0 Å². The molecule has 0 fully saturated rings. The number of halogens is 1. The van der Waals surface area contributed by atoms with Gasteiger partial charge in [0.2, 0.25) is 0 Å². The summed E-state index contributed by atoms with van der Waals surface area (Å²) in [6.07, 6.45) is 0. The van der Waals surface area contributed by atoms with Crippen molar-refractivity contribution in [1.29, 1.82) is 0 Å². The summed E-state index contributed by atoms with van der Waals surface area (Å²) >= 11 is 2.77. The molecule has 2 heterocycles. The Bertz CT molecular complexity index is 1300. The van der Waals surface area contributed by atoms with Gasteiger partial charge >= 0.3 is 0 Å².